The van der Waals surface area contributed by atoms with Gasteiger partial charge in [0.1, 0.15) is 65.4 Å². The van der Waals surface area contributed by atoms with Crippen LogP contribution in [0.15, 0.2) is 45.5 Å². The van der Waals surface area contributed by atoms with Gasteiger partial charge in [-0.05, 0) is 12.1 Å². The maximum absolute atomic E-state index is 13.8. The monoisotopic (exact) mass is 638 g/mol. The SMILES string of the molecule is COc1cc(-c2oc3cc(O)cc(O)c3c(=O)c2O[C@H]2OC(CO[C@@H]3OC=C(O)C(O)C3O)[C@H](O)C(O)C2O)cc(OC)c1O. The van der Waals surface area contributed by atoms with E-state index < -0.39 is 89.6 Å². The van der Waals surface area contributed by atoms with Crippen LogP contribution in [0.3, 0.4) is 0 Å². The number of fused-ring (bicyclic) bond motifs is 1. The Hall–Kier alpha value is -4.49. The molecule has 3 aromatic rings. The van der Waals surface area contributed by atoms with Gasteiger partial charge in [-0.15, -0.1) is 0 Å². The number of hydrogen-bond acceptors (Lipinski definition) is 17. The van der Waals surface area contributed by atoms with Crippen LogP contribution >= 0.6 is 0 Å². The fraction of sp³-hybridized carbons (Fsp3) is 0.393. The van der Waals surface area contributed by atoms with Crippen LogP contribution in [0.4, 0.5) is 0 Å². The first-order valence-corrected chi connectivity index (χ1v) is 13.2. The highest BCUT2D eigenvalue weighted by Gasteiger charge is 2.47. The molecule has 9 N–H and O–H groups in total. The molecule has 17 heteroatoms. The van der Waals surface area contributed by atoms with Crippen LogP contribution in [0.1, 0.15) is 0 Å². The minimum Gasteiger partial charge on any atom is -0.508 e. The Morgan fingerprint density at radius 1 is 0.822 bits per heavy atom. The zero-order chi connectivity index (χ0) is 32.7. The first-order valence-electron chi connectivity index (χ1n) is 13.2. The summed E-state index contributed by atoms with van der Waals surface area (Å²) in [6.45, 7) is -0.626. The van der Waals surface area contributed by atoms with E-state index in [1.807, 2.05) is 0 Å². The molecular weight excluding hydrogens is 608 g/mol. The predicted molar refractivity (Wildman–Crippen MR) is 147 cm³/mol. The van der Waals surface area contributed by atoms with Gasteiger partial charge >= 0.3 is 0 Å². The number of rotatable bonds is 8. The Morgan fingerprint density at radius 2 is 1.49 bits per heavy atom. The molecule has 1 aromatic heterocycles. The molecule has 0 saturated carbocycles. The summed E-state index contributed by atoms with van der Waals surface area (Å²) in [6.07, 6.45) is -13.4. The van der Waals surface area contributed by atoms with Gasteiger partial charge in [0.15, 0.2) is 23.0 Å². The fourth-order valence-electron chi connectivity index (χ4n) is 4.80. The van der Waals surface area contributed by atoms with Gasteiger partial charge in [-0.2, -0.15) is 0 Å². The van der Waals surface area contributed by atoms with E-state index in [4.69, 9.17) is 32.8 Å². The van der Waals surface area contributed by atoms with Crippen molar-refractivity contribution in [2.24, 2.45) is 0 Å². The highest BCUT2D eigenvalue weighted by molar-refractivity contribution is 5.88. The lowest BCUT2D eigenvalue weighted by molar-refractivity contribution is -0.293. The third-order valence-electron chi connectivity index (χ3n) is 7.22. The lowest BCUT2D eigenvalue weighted by Crippen LogP contribution is -2.60. The van der Waals surface area contributed by atoms with Crippen LogP contribution in [0.5, 0.6) is 34.5 Å². The van der Waals surface area contributed by atoms with Crippen LogP contribution in [-0.2, 0) is 14.2 Å². The van der Waals surface area contributed by atoms with Crippen LogP contribution in [0.2, 0.25) is 0 Å². The largest absolute Gasteiger partial charge is 0.508 e. The van der Waals surface area contributed by atoms with Crippen molar-refractivity contribution in [3.8, 4) is 45.8 Å². The van der Waals surface area contributed by atoms with Crippen molar-refractivity contribution >= 4 is 11.0 Å². The Morgan fingerprint density at radius 3 is 2.13 bits per heavy atom. The molecule has 5 rings (SSSR count). The Labute approximate surface area is 252 Å². The summed E-state index contributed by atoms with van der Waals surface area (Å²) in [5.74, 6) is -3.45. The molecule has 1 saturated heterocycles. The van der Waals surface area contributed by atoms with Crippen molar-refractivity contribution in [1.29, 1.82) is 0 Å². The van der Waals surface area contributed by atoms with Crippen LogP contribution < -0.4 is 19.6 Å². The topological polar surface area (TPSA) is 268 Å². The average Bonchev–Trinajstić information content (AvgIpc) is 3.01. The van der Waals surface area contributed by atoms with Crippen molar-refractivity contribution in [3.05, 3.63) is 46.5 Å². The number of phenolic OH excluding ortho intramolecular Hbond substituents is 3. The van der Waals surface area contributed by atoms with Gasteiger partial charge in [-0.3, -0.25) is 4.79 Å². The maximum atomic E-state index is 13.8. The third kappa shape index (κ3) is 5.85. The quantitative estimate of drug-likeness (QED) is 0.147. The summed E-state index contributed by atoms with van der Waals surface area (Å²) in [5, 5.41) is 91.7. The van der Waals surface area contributed by atoms with E-state index in [2.05, 4.69) is 0 Å². The molecule has 0 radical (unpaired) electrons. The smallest absolute Gasteiger partial charge is 0.239 e. The van der Waals surface area contributed by atoms with Crippen molar-refractivity contribution in [2.45, 2.75) is 49.2 Å². The molecule has 0 aliphatic carbocycles. The summed E-state index contributed by atoms with van der Waals surface area (Å²) in [6, 6.07) is 4.43. The molecule has 1 fully saturated rings. The van der Waals surface area contributed by atoms with Gasteiger partial charge in [0.25, 0.3) is 0 Å². The van der Waals surface area contributed by atoms with E-state index in [0.29, 0.717) is 0 Å². The second-order valence-electron chi connectivity index (χ2n) is 10.1. The molecule has 8 atom stereocenters. The van der Waals surface area contributed by atoms with Crippen molar-refractivity contribution in [2.75, 3.05) is 20.8 Å². The number of ether oxygens (including phenoxy) is 6. The van der Waals surface area contributed by atoms with Crippen LogP contribution in [0.25, 0.3) is 22.3 Å². The minimum absolute atomic E-state index is 0.0161. The highest BCUT2D eigenvalue weighted by Crippen LogP contribution is 2.44. The number of aliphatic hydroxyl groups excluding tert-OH is 6. The Bertz CT molecular complexity index is 1630. The second-order valence-corrected chi connectivity index (χ2v) is 10.1. The number of aromatic hydroxyl groups is 3. The molecule has 0 spiro atoms. The minimum atomic E-state index is -1.98. The van der Waals surface area contributed by atoms with Crippen molar-refractivity contribution in [1.82, 2.24) is 0 Å². The van der Waals surface area contributed by atoms with Gasteiger partial charge in [0.2, 0.25) is 29.5 Å². The molecule has 45 heavy (non-hydrogen) atoms. The standard InChI is InChI=1S/C28H30O17/c1-39-14-3-9(4-15(40-2)19(14)33)25-26(21(35)17-11(30)5-10(29)6-13(17)43-25)45-28-24(38)22(36)20(34)16(44-28)8-42-27-23(37)18(32)12(31)7-41-27/h3-7,16,18,20,22-24,27-34,36-38H,8H2,1-2H3/t16?,18?,20-,22?,23?,24?,27-,28+/m0/s1. The maximum Gasteiger partial charge on any atom is 0.239 e. The predicted octanol–water partition coefficient (Wildman–Crippen LogP) is -0.726. The van der Waals surface area contributed by atoms with E-state index in [1.54, 1.807) is 0 Å². The zero-order valence-electron chi connectivity index (χ0n) is 23.5. The normalized spacial score (nSPS) is 28.3. The number of phenols is 3. The Kier molecular flexibility index (Phi) is 8.86. The summed E-state index contributed by atoms with van der Waals surface area (Å²) in [7, 11) is 2.50. The van der Waals surface area contributed by atoms with E-state index >= 15 is 0 Å². The van der Waals surface area contributed by atoms with Crippen LogP contribution in [-0.4, -0.2) is 116 Å². The molecule has 2 aliphatic heterocycles. The second kappa shape index (κ2) is 12.5. The van der Waals surface area contributed by atoms with Crippen molar-refractivity contribution < 1.29 is 78.8 Å². The fourth-order valence-corrected chi connectivity index (χ4v) is 4.80. The number of aliphatic hydroxyl groups is 6. The number of methoxy groups -OCH3 is 2. The average molecular weight is 639 g/mol. The molecule has 2 aromatic carbocycles. The molecule has 0 bridgehead atoms. The molecule has 17 nitrogen and oxygen atoms in total. The van der Waals surface area contributed by atoms with Gasteiger partial charge in [-0.1, -0.05) is 0 Å². The van der Waals surface area contributed by atoms with Gasteiger partial charge in [0.05, 0.1) is 20.8 Å². The van der Waals surface area contributed by atoms with E-state index in [-0.39, 0.29) is 34.2 Å². The molecule has 3 heterocycles. The zero-order valence-corrected chi connectivity index (χ0v) is 23.5. The molecule has 244 valence electrons. The molecular formula is C28H30O17. The summed E-state index contributed by atoms with van der Waals surface area (Å²) < 4.78 is 38.0. The van der Waals surface area contributed by atoms with Gasteiger partial charge in [0, 0.05) is 17.7 Å². The summed E-state index contributed by atoms with van der Waals surface area (Å²) in [4.78, 5) is 13.8. The van der Waals surface area contributed by atoms with E-state index in [0.717, 1.165) is 18.4 Å². The molecule has 2 aliphatic rings. The van der Waals surface area contributed by atoms with E-state index in [1.165, 1.54) is 26.4 Å². The molecule has 0 amide bonds. The highest BCUT2D eigenvalue weighted by atomic mass is 16.7. The lowest BCUT2D eigenvalue weighted by Gasteiger charge is -2.40. The first-order chi connectivity index (χ1) is 21.4. The number of benzene rings is 2. The van der Waals surface area contributed by atoms with Crippen molar-refractivity contribution in [3.63, 3.8) is 0 Å². The summed E-state index contributed by atoms with van der Waals surface area (Å²) in [5.41, 5.74) is -1.29. The first kappa shape index (κ1) is 31.9. The van der Waals surface area contributed by atoms with Crippen LogP contribution in [0, 0.1) is 0 Å². The van der Waals surface area contributed by atoms with Gasteiger partial charge < -0.3 is 78.8 Å². The molecule has 5 unspecified atom stereocenters. The number of hydrogen-bond donors (Lipinski definition) is 9. The Balaban J connectivity index is 1.54. The lowest BCUT2D eigenvalue weighted by atomic mass is 9.99. The van der Waals surface area contributed by atoms with E-state index in [9.17, 15) is 50.8 Å². The summed E-state index contributed by atoms with van der Waals surface area (Å²) >= 11 is 0. The third-order valence-corrected chi connectivity index (χ3v) is 7.22. The van der Waals surface area contributed by atoms with Gasteiger partial charge in [-0.25, -0.2) is 0 Å².